The van der Waals surface area contributed by atoms with Crippen LogP contribution in [0, 0.1) is 5.41 Å². The van der Waals surface area contributed by atoms with E-state index in [1.165, 1.54) is 0 Å². The first-order valence-corrected chi connectivity index (χ1v) is 7.92. The van der Waals surface area contributed by atoms with Gasteiger partial charge < -0.3 is 14.8 Å². The first kappa shape index (κ1) is 19.3. The molecule has 0 unspecified atom stereocenters. The van der Waals surface area contributed by atoms with Crippen LogP contribution in [0.3, 0.4) is 0 Å². The number of rotatable bonds is 7. The summed E-state index contributed by atoms with van der Waals surface area (Å²) in [6.45, 7) is 7.12. The SMILES string of the molecule is CC(C)(COC(=O)C(C)(C)CCl)NC(=O)OCc1ccccc1. The van der Waals surface area contributed by atoms with Gasteiger partial charge in [-0.3, -0.25) is 4.79 Å². The molecule has 0 fully saturated rings. The van der Waals surface area contributed by atoms with Crippen LogP contribution in [-0.4, -0.2) is 30.1 Å². The van der Waals surface area contributed by atoms with Gasteiger partial charge in [0.05, 0.1) is 11.0 Å². The standard InChI is InChI=1S/C17H24ClNO4/c1-16(2,11-18)14(20)23-12-17(3,4)19-15(21)22-10-13-8-6-5-7-9-13/h5-9H,10-12H2,1-4H3,(H,19,21). The Bertz CT molecular complexity index is 529. The van der Waals surface area contributed by atoms with Crippen molar-refractivity contribution in [3.8, 4) is 0 Å². The molecule has 0 radical (unpaired) electrons. The molecule has 128 valence electrons. The molecule has 5 nitrogen and oxygen atoms in total. The Hall–Kier alpha value is -1.75. The van der Waals surface area contributed by atoms with Crippen LogP contribution in [0.15, 0.2) is 30.3 Å². The molecule has 1 rings (SSSR count). The van der Waals surface area contributed by atoms with E-state index >= 15 is 0 Å². The number of carbonyl (C=O) groups is 2. The maximum absolute atomic E-state index is 11.9. The number of hydrogen-bond donors (Lipinski definition) is 1. The monoisotopic (exact) mass is 341 g/mol. The van der Waals surface area contributed by atoms with Gasteiger partial charge in [0.2, 0.25) is 0 Å². The number of amides is 1. The number of halogens is 1. The summed E-state index contributed by atoms with van der Waals surface area (Å²) in [6.07, 6.45) is -0.563. The summed E-state index contributed by atoms with van der Waals surface area (Å²) in [7, 11) is 0. The quantitative estimate of drug-likeness (QED) is 0.609. The third-order valence-corrected chi connectivity index (χ3v) is 3.77. The first-order chi connectivity index (χ1) is 10.7. The Morgan fingerprint density at radius 1 is 1.09 bits per heavy atom. The van der Waals surface area contributed by atoms with E-state index in [0.29, 0.717) is 0 Å². The van der Waals surface area contributed by atoms with Crippen molar-refractivity contribution in [1.29, 1.82) is 0 Å². The molecule has 0 aliphatic carbocycles. The maximum atomic E-state index is 11.9. The summed E-state index contributed by atoms with van der Waals surface area (Å²) in [5.74, 6) is -0.237. The Kier molecular flexibility index (Phi) is 6.88. The molecule has 1 aromatic carbocycles. The summed E-state index contributed by atoms with van der Waals surface area (Å²) >= 11 is 5.73. The van der Waals surface area contributed by atoms with Crippen molar-refractivity contribution in [2.75, 3.05) is 12.5 Å². The molecule has 0 bridgehead atoms. The molecule has 23 heavy (non-hydrogen) atoms. The molecule has 0 heterocycles. The van der Waals surface area contributed by atoms with Crippen LogP contribution in [0.2, 0.25) is 0 Å². The van der Waals surface area contributed by atoms with Gasteiger partial charge in [-0.25, -0.2) is 4.79 Å². The van der Waals surface area contributed by atoms with E-state index in [-0.39, 0.29) is 19.1 Å². The largest absolute Gasteiger partial charge is 0.463 e. The number of benzene rings is 1. The van der Waals surface area contributed by atoms with Crippen LogP contribution in [0.1, 0.15) is 33.3 Å². The van der Waals surface area contributed by atoms with Crippen LogP contribution in [-0.2, 0) is 20.9 Å². The smallest absolute Gasteiger partial charge is 0.407 e. The fourth-order valence-electron chi connectivity index (χ4n) is 1.57. The number of ether oxygens (including phenoxy) is 2. The van der Waals surface area contributed by atoms with Gasteiger partial charge in [-0.2, -0.15) is 0 Å². The first-order valence-electron chi connectivity index (χ1n) is 7.38. The Labute approximate surface area is 142 Å². The second kappa shape index (κ2) is 8.20. The zero-order chi connectivity index (χ0) is 17.5. The molecule has 0 aliphatic heterocycles. The Morgan fingerprint density at radius 3 is 2.26 bits per heavy atom. The van der Waals surface area contributed by atoms with Crippen molar-refractivity contribution in [3.05, 3.63) is 35.9 Å². The molecule has 0 saturated heterocycles. The van der Waals surface area contributed by atoms with E-state index in [4.69, 9.17) is 21.1 Å². The minimum Gasteiger partial charge on any atom is -0.463 e. The topological polar surface area (TPSA) is 64.6 Å². The van der Waals surface area contributed by atoms with E-state index in [1.807, 2.05) is 30.3 Å². The number of alkyl halides is 1. The Balaban J connectivity index is 2.41. The highest BCUT2D eigenvalue weighted by molar-refractivity contribution is 6.19. The molecule has 0 atom stereocenters. The number of esters is 1. The predicted octanol–water partition coefficient (Wildman–Crippen LogP) is 3.50. The minimum atomic E-state index is -0.758. The van der Waals surface area contributed by atoms with Gasteiger partial charge in [0.15, 0.2) is 0 Å². The second-order valence-electron chi connectivity index (χ2n) is 6.66. The highest BCUT2D eigenvalue weighted by atomic mass is 35.5. The average Bonchev–Trinajstić information content (AvgIpc) is 2.51. The molecule has 0 aliphatic rings. The average molecular weight is 342 g/mol. The van der Waals surface area contributed by atoms with E-state index in [0.717, 1.165) is 5.56 Å². The molecule has 0 spiro atoms. The van der Waals surface area contributed by atoms with Crippen LogP contribution in [0.5, 0.6) is 0 Å². The normalized spacial score (nSPS) is 11.7. The molecular formula is C17H24ClNO4. The van der Waals surface area contributed by atoms with E-state index in [1.54, 1.807) is 27.7 Å². The third kappa shape index (κ3) is 6.91. The molecule has 1 N–H and O–H groups in total. The van der Waals surface area contributed by atoms with Crippen molar-refractivity contribution in [3.63, 3.8) is 0 Å². The van der Waals surface area contributed by atoms with Gasteiger partial charge >= 0.3 is 12.1 Å². The third-order valence-electron chi connectivity index (χ3n) is 3.10. The van der Waals surface area contributed by atoms with Crippen molar-refractivity contribution in [2.45, 2.75) is 39.8 Å². The van der Waals surface area contributed by atoms with Gasteiger partial charge in [-0.05, 0) is 33.3 Å². The van der Waals surface area contributed by atoms with Crippen LogP contribution in [0.25, 0.3) is 0 Å². The summed E-state index contributed by atoms with van der Waals surface area (Å²) in [5, 5.41) is 2.68. The summed E-state index contributed by atoms with van der Waals surface area (Å²) < 4.78 is 10.4. The van der Waals surface area contributed by atoms with Crippen molar-refractivity contribution < 1.29 is 19.1 Å². The fraction of sp³-hybridized carbons (Fsp3) is 0.529. The molecule has 0 aromatic heterocycles. The van der Waals surface area contributed by atoms with Crippen molar-refractivity contribution in [2.24, 2.45) is 5.41 Å². The van der Waals surface area contributed by atoms with E-state index in [9.17, 15) is 9.59 Å². The van der Waals surface area contributed by atoms with Gasteiger partial charge in [-0.15, -0.1) is 11.6 Å². The van der Waals surface area contributed by atoms with Crippen molar-refractivity contribution >= 4 is 23.7 Å². The van der Waals surface area contributed by atoms with Gasteiger partial charge in [0, 0.05) is 5.88 Å². The number of nitrogens with one attached hydrogen (secondary N) is 1. The molecule has 1 aromatic rings. The predicted molar refractivity (Wildman–Crippen MR) is 89.3 cm³/mol. The molecule has 6 heteroatoms. The zero-order valence-corrected chi connectivity index (χ0v) is 14.8. The molecular weight excluding hydrogens is 318 g/mol. The van der Waals surface area contributed by atoms with Gasteiger partial charge in [0.25, 0.3) is 0 Å². The fourth-order valence-corrected chi connectivity index (χ4v) is 1.68. The summed E-state index contributed by atoms with van der Waals surface area (Å²) in [6, 6.07) is 9.38. The Morgan fingerprint density at radius 2 is 1.70 bits per heavy atom. The number of alkyl carbamates (subject to hydrolysis) is 1. The minimum absolute atomic E-state index is 0.0343. The summed E-state index contributed by atoms with van der Waals surface area (Å²) in [5.41, 5.74) is -0.604. The lowest BCUT2D eigenvalue weighted by Crippen LogP contribution is -2.48. The lowest BCUT2D eigenvalue weighted by atomic mass is 9.97. The van der Waals surface area contributed by atoms with Gasteiger partial charge in [0.1, 0.15) is 13.2 Å². The van der Waals surface area contributed by atoms with Crippen LogP contribution >= 0.6 is 11.6 Å². The molecule has 1 amide bonds. The van der Waals surface area contributed by atoms with Crippen LogP contribution in [0.4, 0.5) is 4.79 Å². The second-order valence-corrected chi connectivity index (χ2v) is 6.93. The molecule has 0 saturated carbocycles. The number of carbonyl (C=O) groups excluding carboxylic acids is 2. The summed E-state index contributed by atoms with van der Waals surface area (Å²) in [4.78, 5) is 23.7. The maximum Gasteiger partial charge on any atom is 0.407 e. The van der Waals surface area contributed by atoms with E-state index < -0.39 is 23.0 Å². The number of hydrogen-bond acceptors (Lipinski definition) is 4. The van der Waals surface area contributed by atoms with Crippen LogP contribution < -0.4 is 5.32 Å². The highest BCUT2D eigenvalue weighted by Crippen LogP contribution is 2.20. The van der Waals surface area contributed by atoms with E-state index in [2.05, 4.69) is 5.32 Å². The lowest BCUT2D eigenvalue weighted by Gasteiger charge is -2.27. The highest BCUT2D eigenvalue weighted by Gasteiger charge is 2.31. The zero-order valence-electron chi connectivity index (χ0n) is 14.0. The van der Waals surface area contributed by atoms with Gasteiger partial charge in [-0.1, -0.05) is 30.3 Å². The lowest BCUT2D eigenvalue weighted by molar-refractivity contribution is -0.154. The van der Waals surface area contributed by atoms with Crippen molar-refractivity contribution in [1.82, 2.24) is 5.32 Å².